The lowest BCUT2D eigenvalue weighted by atomic mass is 10.1. The van der Waals surface area contributed by atoms with Gasteiger partial charge in [-0.15, -0.1) is 0 Å². The summed E-state index contributed by atoms with van der Waals surface area (Å²) in [5.74, 6) is 1.40. The SMILES string of the molecule is CCn1c2c(c(=O)n1Cc1ccccc1)CCN(C(=O)c1ccc(Oc3ccccc3)cc1)C2. The Kier molecular flexibility index (Phi) is 6.04. The zero-order valence-electron chi connectivity index (χ0n) is 19.2. The molecule has 2 heterocycles. The molecule has 6 heteroatoms. The number of rotatable bonds is 6. The predicted molar refractivity (Wildman–Crippen MR) is 131 cm³/mol. The Hall–Kier alpha value is -4.06. The minimum absolute atomic E-state index is 0.0391. The highest BCUT2D eigenvalue weighted by atomic mass is 16.5. The molecular weight excluding hydrogens is 426 g/mol. The van der Waals surface area contributed by atoms with Crippen molar-refractivity contribution in [2.45, 2.75) is 33.0 Å². The van der Waals surface area contributed by atoms with Gasteiger partial charge in [-0.25, -0.2) is 4.68 Å². The van der Waals surface area contributed by atoms with Gasteiger partial charge in [0.2, 0.25) is 0 Å². The molecule has 1 aromatic heterocycles. The molecule has 0 N–H and O–H groups in total. The second-order valence-electron chi connectivity index (χ2n) is 8.41. The van der Waals surface area contributed by atoms with E-state index in [1.807, 2.05) is 94.0 Å². The van der Waals surface area contributed by atoms with Crippen molar-refractivity contribution in [3.8, 4) is 11.5 Å². The molecule has 0 fully saturated rings. The predicted octanol–water partition coefficient (Wildman–Crippen LogP) is 4.71. The maximum absolute atomic E-state index is 13.3. The highest BCUT2D eigenvalue weighted by Gasteiger charge is 2.28. The monoisotopic (exact) mass is 453 g/mol. The van der Waals surface area contributed by atoms with Crippen molar-refractivity contribution in [2.75, 3.05) is 6.54 Å². The Labute approximate surface area is 198 Å². The van der Waals surface area contributed by atoms with E-state index in [0.717, 1.165) is 22.6 Å². The van der Waals surface area contributed by atoms with Crippen molar-refractivity contribution in [1.82, 2.24) is 14.3 Å². The van der Waals surface area contributed by atoms with E-state index >= 15 is 0 Å². The third-order valence-corrected chi connectivity index (χ3v) is 6.26. The summed E-state index contributed by atoms with van der Waals surface area (Å²) >= 11 is 0. The van der Waals surface area contributed by atoms with Crippen LogP contribution in [0.15, 0.2) is 89.7 Å². The molecule has 3 aromatic carbocycles. The largest absolute Gasteiger partial charge is 0.457 e. The van der Waals surface area contributed by atoms with Gasteiger partial charge < -0.3 is 9.64 Å². The molecule has 0 unspecified atom stereocenters. The van der Waals surface area contributed by atoms with Gasteiger partial charge in [0.25, 0.3) is 11.5 Å². The Morgan fingerprint density at radius 2 is 1.50 bits per heavy atom. The van der Waals surface area contributed by atoms with Crippen molar-refractivity contribution in [3.05, 3.63) is 118 Å². The molecule has 172 valence electrons. The van der Waals surface area contributed by atoms with Gasteiger partial charge in [-0.3, -0.25) is 14.3 Å². The third kappa shape index (κ3) is 4.27. The fraction of sp³-hybridized carbons (Fsp3) is 0.214. The van der Waals surface area contributed by atoms with Gasteiger partial charge in [-0.05, 0) is 55.3 Å². The van der Waals surface area contributed by atoms with Gasteiger partial charge in [0, 0.05) is 24.2 Å². The molecule has 1 aliphatic rings. The normalized spacial score (nSPS) is 12.9. The summed E-state index contributed by atoms with van der Waals surface area (Å²) in [4.78, 5) is 28.2. The van der Waals surface area contributed by atoms with Crippen molar-refractivity contribution >= 4 is 5.91 Å². The van der Waals surface area contributed by atoms with E-state index in [0.29, 0.717) is 43.9 Å². The van der Waals surface area contributed by atoms with Gasteiger partial charge in [-0.2, -0.15) is 0 Å². The van der Waals surface area contributed by atoms with Gasteiger partial charge in [0.1, 0.15) is 11.5 Å². The van der Waals surface area contributed by atoms with E-state index in [4.69, 9.17) is 4.74 Å². The third-order valence-electron chi connectivity index (χ3n) is 6.26. The standard InChI is InChI=1S/C28H27N3O3/c1-2-30-26-20-29(18-17-25(26)28(33)31(30)19-21-9-5-3-6-10-21)27(32)22-13-15-24(16-14-22)34-23-11-7-4-8-12-23/h3-16H,2,17-20H2,1H3. The van der Waals surface area contributed by atoms with Crippen molar-refractivity contribution in [2.24, 2.45) is 0 Å². The zero-order chi connectivity index (χ0) is 23.5. The Morgan fingerprint density at radius 3 is 2.18 bits per heavy atom. The zero-order valence-corrected chi connectivity index (χ0v) is 19.2. The fourth-order valence-corrected chi connectivity index (χ4v) is 4.55. The summed E-state index contributed by atoms with van der Waals surface area (Å²) in [5.41, 5.74) is 3.51. The number of hydrogen-bond donors (Lipinski definition) is 0. The van der Waals surface area contributed by atoms with Crippen LogP contribution >= 0.6 is 0 Å². The Balaban J connectivity index is 1.34. The molecule has 0 aliphatic carbocycles. The minimum atomic E-state index is -0.0391. The molecule has 1 amide bonds. The van der Waals surface area contributed by atoms with Crippen LogP contribution in [0.25, 0.3) is 0 Å². The van der Waals surface area contributed by atoms with E-state index in [2.05, 4.69) is 0 Å². The smallest absolute Gasteiger partial charge is 0.270 e. The average Bonchev–Trinajstić information content (AvgIpc) is 3.15. The van der Waals surface area contributed by atoms with Crippen molar-refractivity contribution in [3.63, 3.8) is 0 Å². The lowest BCUT2D eigenvalue weighted by molar-refractivity contribution is 0.0729. The lowest BCUT2D eigenvalue weighted by Crippen LogP contribution is -2.37. The minimum Gasteiger partial charge on any atom is -0.457 e. The first-order chi connectivity index (χ1) is 16.6. The summed E-state index contributed by atoms with van der Waals surface area (Å²) in [5, 5.41) is 0. The molecule has 0 atom stereocenters. The highest BCUT2D eigenvalue weighted by Crippen LogP contribution is 2.24. The van der Waals surface area contributed by atoms with Crippen LogP contribution in [0.4, 0.5) is 0 Å². The first-order valence-electron chi connectivity index (χ1n) is 11.6. The van der Waals surface area contributed by atoms with Crippen molar-refractivity contribution < 1.29 is 9.53 Å². The number of fused-ring (bicyclic) bond motifs is 1. The first-order valence-corrected chi connectivity index (χ1v) is 11.6. The molecular formula is C28H27N3O3. The number of carbonyl (C=O) groups is 1. The van der Waals surface area contributed by atoms with Crippen LogP contribution in [0, 0.1) is 0 Å². The molecule has 0 saturated heterocycles. The van der Waals surface area contributed by atoms with Crippen LogP contribution in [0.1, 0.15) is 34.1 Å². The fourth-order valence-electron chi connectivity index (χ4n) is 4.55. The number of aromatic nitrogens is 2. The Bertz CT molecular complexity index is 1340. The van der Waals surface area contributed by atoms with Crippen molar-refractivity contribution in [1.29, 1.82) is 0 Å². The number of amides is 1. The summed E-state index contributed by atoms with van der Waals surface area (Å²) in [6.45, 7) is 4.19. The van der Waals surface area contributed by atoms with E-state index in [9.17, 15) is 9.59 Å². The van der Waals surface area contributed by atoms with E-state index in [1.165, 1.54) is 0 Å². The second-order valence-corrected chi connectivity index (χ2v) is 8.41. The molecule has 4 aromatic rings. The second kappa shape index (κ2) is 9.43. The van der Waals surface area contributed by atoms with Crippen LogP contribution in [0.3, 0.4) is 0 Å². The number of nitrogens with zero attached hydrogens (tertiary/aromatic N) is 3. The van der Waals surface area contributed by atoms with Gasteiger partial charge in [-0.1, -0.05) is 48.5 Å². The van der Waals surface area contributed by atoms with Crippen LogP contribution in [0.5, 0.6) is 11.5 Å². The number of hydrogen-bond acceptors (Lipinski definition) is 3. The molecule has 0 radical (unpaired) electrons. The number of benzene rings is 3. The molecule has 34 heavy (non-hydrogen) atoms. The summed E-state index contributed by atoms with van der Waals surface area (Å²) in [6.07, 6.45) is 0.566. The first kappa shape index (κ1) is 21.8. The van der Waals surface area contributed by atoms with Crippen LogP contribution in [-0.4, -0.2) is 26.7 Å². The number of carbonyl (C=O) groups excluding carboxylic acids is 1. The average molecular weight is 454 g/mol. The van der Waals surface area contributed by atoms with Crippen LogP contribution in [0.2, 0.25) is 0 Å². The van der Waals surface area contributed by atoms with E-state index in [-0.39, 0.29) is 11.5 Å². The Morgan fingerprint density at radius 1 is 0.853 bits per heavy atom. The van der Waals surface area contributed by atoms with E-state index in [1.54, 1.807) is 12.1 Å². The quantitative estimate of drug-likeness (QED) is 0.425. The molecule has 0 saturated carbocycles. The lowest BCUT2D eigenvalue weighted by Gasteiger charge is -2.28. The molecule has 5 rings (SSSR count). The highest BCUT2D eigenvalue weighted by molar-refractivity contribution is 5.94. The summed E-state index contributed by atoms with van der Waals surface area (Å²) in [6, 6.07) is 26.8. The number of para-hydroxylation sites is 1. The van der Waals surface area contributed by atoms with Gasteiger partial charge >= 0.3 is 0 Å². The van der Waals surface area contributed by atoms with E-state index < -0.39 is 0 Å². The van der Waals surface area contributed by atoms with Gasteiger partial charge in [0.15, 0.2) is 0 Å². The summed E-state index contributed by atoms with van der Waals surface area (Å²) in [7, 11) is 0. The molecule has 6 nitrogen and oxygen atoms in total. The van der Waals surface area contributed by atoms with Crippen LogP contribution < -0.4 is 10.3 Å². The molecule has 1 aliphatic heterocycles. The molecule has 0 spiro atoms. The van der Waals surface area contributed by atoms with Gasteiger partial charge in [0.05, 0.1) is 18.8 Å². The summed E-state index contributed by atoms with van der Waals surface area (Å²) < 4.78 is 9.67. The van der Waals surface area contributed by atoms with Crippen LogP contribution in [-0.2, 0) is 26.1 Å². The topological polar surface area (TPSA) is 56.5 Å². The molecule has 0 bridgehead atoms. The maximum Gasteiger partial charge on any atom is 0.270 e. The number of ether oxygens (including phenoxy) is 1. The maximum atomic E-state index is 13.3.